The number of nitrogens with one attached hydrogen (secondary N) is 2. The van der Waals surface area contributed by atoms with E-state index >= 15 is 0 Å². The number of carbonyl (C=O) groups excluding carboxylic acids is 2. The van der Waals surface area contributed by atoms with Crippen LogP contribution in [0.25, 0.3) is 10.9 Å². The van der Waals surface area contributed by atoms with E-state index in [1.165, 1.54) is 25.1 Å². The van der Waals surface area contributed by atoms with Crippen molar-refractivity contribution in [3.05, 3.63) is 53.6 Å². The van der Waals surface area contributed by atoms with Crippen molar-refractivity contribution in [1.29, 1.82) is 0 Å². The standard InChI is InChI=1S/C22H22F2N4O3/c1-13(29)28-9-7-14(8-10-28)22(30)25-21-16-6-5-15(11-20(16)26-27-21)31-12-17-18(23)3-2-4-19(17)24/h2-6,11,14H,7-10,12H2,1H3,(H2,25,26,27,30). The van der Waals surface area contributed by atoms with Crippen LogP contribution in [0.2, 0.25) is 0 Å². The van der Waals surface area contributed by atoms with E-state index in [1.807, 2.05) is 0 Å². The molecule has 1 aromatic heterocycles. The van der Waals surface area contributed by atoms with E-state index in [0.717, 1.165) is 0 Å². The molecule has 0 spiro atoms. The topological polar surface area (TPSA) is 87.3 Å². The van der Waals surface area contributed by atoms with Crippen LogP contribution < -0.4 is 10.1 Å². The summed E-state index contributed by atoms with van der Waals surface area (Å²) in [5.74, 6) is -0.807. The van der Waals surface area contributed by atoms with E-state index in [2.05, 4.69) is 15.5 Å². The number of nitrogens with zero attached hydrogens (tertiary/aromatic N) is 2. The van der Waals surface area contributed by atoms with Crippen molar-refractivity contribution in [2.75, 3.05) is 18.4 Å². The molecule has 2 aromatic carbocycles. The summed E-state index contributed by atoms with van der Waals surface area (Å²) in [6, 6.07) is 8.68. The molecule has 4 rings (SSSR count). The summed E-state index contributed by atoms with van der Waals surface area (Å²) in [6.07, 6.45) is 1.22. The van der Waals surface area contributed by atoms with Crippen LogP contribution in [0.1, 0.15) is 25.3 Å². The molecule has 1 fully saturated rings. The summed E-state index contributed by atoms with van der Waals surface area (Å²) in [5.41, 5.74) is 0.476. The van der Waals surface area contributed by atoms with Crippen LogP contribution in [0.15, 0.2) is 36.4 Å². The number of hydrogen-bond donors (Lipinski definition) is 2. The number of H-pyrrole nitrogens is 1. The quantitative estimate of drug-likeness (QED) is 0.650. The number of carbonyl (C=O) groups is 2. The maximum absolute atomic E-state index is 13.7. The van der Waals surface area contributed by atoms with Crippen LogP contribution >= 0.6 is 0 Å². The fourth-order valence-corrected chi connectivity index (χ4v) is 3.68. The first-order valence-electron chi connectivity index (χ1n) is 10.0. The van der Waals surface area contributed by atoms with Gasteiger partial charge >= 0.3 is 0 Å². The van der Waals surface area contributed by atoms with Crippen molar-refractivity contribution in [2.45, 2.75) is 26.4 Å². The summed E-state index contributed by atoms with van der Waals surface area (Å²) in [6.45, 7) is 2.41. The van der Waals surface area contributed by atoms with Crippen molar-refractivity contribution in [3.63, 3.8) is 0 Å². The van der Waals surface area contributed by atoms with E-state index in [-0.39, 0.29) is 29.9 Å². The van der Waals surface area contributed by atoms with Crippen LogP contribution in [0, 0.1) is 17.6 Å². The maximum atomic E-state index is 13.7. The first-order valence-corrected chi connectivity index (χ1v) is 10.0. The average molecular weight is 428 g/mol. The van der Waals surface area contributed by atoms with Crippen molar-refractivity contribution >= 4 is 28.5 Å². The number of benzene rings is 2. The molecule has 2 heterocycles. The van der Waals surface area contributed by atoms with Gasteiger partial charge in [-0.2, -0.15) is 5.10 Å². The smallest absolute Gasteiger partial charge is 0.228 e. The predicted molar refractivity (Wildman–Crippen MR) is 110 cm³/mol. The number of ether oxygens (including phenoxy) is 1. The summed E-state index contributed by atoms with van der Waals surface area (Å²) >= 11 is 0. The van der Waals surface area contributed by atoms with Gasteiger partial charge in [-0.25, -0.2) is 8.78 Å². The largest absolute Gasteiger partial charge is 0.489 e. The van der Waals surface area contributed by atoms with Crippen molar-refractivity contribution < 1.29 is 23.1 Å². The normalized spacial score (nSPS) is 14.6. The van der Waals surface area contributed by atoms with Gasteiger partial charge < -0.3 is 15.0 Å². The van der Waals surface area contributed by atoms with E-state index in [4.69, 9.17) is 4.74 Å². The lowest BCUT2D eigenvalue weighted by Gasteiger charge is -2.30. The highest BCUT2D eigenvalue weighted by Gasteiger charge is 2.26. The molecule has 31 heavy (non-hydrogen) atoms. The molecule has 162 valence electrons. The molecule has 0 unspecified atom stereocenters. The molecule has 1 aliphatic rings. The Bertz CT molecular complexity index is 1100. The molecule has 1 aliphatic heterocycles. The summed E-state index contributed by atoms with van der Waals surface area (Å²) in [7, 11) is 0. The highest BCUT2D eigenvalue weighted by Crippen LogP contribution is 2.27. The summed E-state index contributed by atoms with van der Waals surface area (Å²) in [4.78, 5) is 25.8. The minimum absolute atomic E-state index is 0.0212. The van der Waals surface area contributed by atoms with Gasteiger partial charge in [-0.3, -0.25) is 14.7 Å². The van der Waals surface area contributed by atoms with Crippen LogP contribution in [0.3, 0.4) is 0 Å². The zero-order valence-electron chi connectivity index (χ0n) is 17.0. The molecule has 9 heteroatoms. The second-order valence-corrected chi connectivity index (χ2v) is 7.54. The van der Waals surface area contributed by atoms with E-state index in [0.29, 0.717) is 48.4 Å². The number of piperidine rings is 1. The third kappa shape index (κ3) is 4.50. The summed E-state index contributed by atoms with van der Waals surface area (Å²) in [5, 5.41) is 10.5. The van der Waals surface area contributed by atoms with Gasteiger partial charge in [0.05, 0.1) is 11.1 Å². The number of halogens is 2. The third-order valence-electron chi connectivity index (χ3n) is 5.53. The Hall–Kier alpha value is -3.49. The number of likely N-dealkylation sites (tertiary alicyclic amines) is 1. The number of aromatic nitrogens is 2. The lowest BCUT2D eigenvalue weighted by molar-refractivity contribution is -0.132. The van der Waals surface area contributed by atoms with Gasteiger partial charge in [-0.1, -0.05) is 6.07 Å². The number of amides is 2. The number of hydrogen-bond acceptors (Lipinski definition) is 4. The van der Waals surface area contributed by atoms with Crippen molar-refractivity contribution in [3.8, 4) is 5.75 Å². The lowest BCUT2D eigenvalue weighted by Crippen LogP contribution is -2.40. The molecule has 7 nitrogen and oxygen atoms in total. The van der Waals surface area contributed by atoms with Gasteiger partial charge in [0.25, 0.3) is 0 Å². The number of rotatable bonds is 5. The molecule has 2 N–H and O–H groups in total. The first kappa shape index (κ1) is 20.8. The average Bonchev–Trinajstić information content (AvgIpc) is 3.15. The van der Waals surface area contributed by atoms with Crippen molar-refractivity contribution in [2.24, 2.45) is 5.92 Å². The second-order valence-electron chi connectivity index (χ2n) is 7.54. The fourth-order valence-electron chi connectivity index (χ4n) is 3.68. The molecular weight excluding hydrogens is 406 g/mol. The van der Waals surface area contributed by atoms with Gasteiger partial charge in [0.2, 0.25) is 11.8 Å². The van der Waals surface area contributed by atoms with Crippen LogP contribution in [-0.2, 0) is 16.2 Å². The second kappa shape index (κ2) is 8.71. The fraction of sp³-hybridized carbons (Fsp3) is 0.318. The monoisotopic (exact) mass is 428 g/mol. The van der Waals surface area contributed by atoms with Gasteiger partial charge in [-0.05, 0) is 37.1 Å². The van der Waals surface area contributed by atoms with Crippen LogP contribution in [0.5, 0.6) is 5.75 Å². The Morgan fingerprint density at radius 1 is 1.19 bits per heavy atom. The van der Waals surface area contributed by atoms with E-state index in [1.54, 1.807) is 23.1 Å². The van der Waals surface area contributed by atoms with E-state index < -0.39 is 11.6 Å². The number of anilines is 1. The zero-order chi connectivity index (χ0) is 22.0. The van der Waals surface area contributed by atoms with Crippen LogP contribution in [-0.4, -0.2) is 40.0 Å². The molecular formula is C22H22F2N4O3. The third-order valence-corrected chi connectivity index (χ3v) is 5.53. The Morgan fingerprint density at radius 3 is 2.58 bits per heavy atom. The van der Waals surface area contributed by atoms with Crippen molar-refractivity contribution in [1.82, 2.24) is 15.1 Å². The Kier molecular flexibility index (Phi) is 5.83. The molecule has 0 bridgehead atoms. The number of fused-ring (bicyclic) bond motifs is 1. The SMILES string of the molecule is CC(=O)N1CCC(C(=O)Nc2n[nH]c3cc(OCc4c(F)cccc4F)ccc23)CC1. The maximum Gasteiger partial charge on any atom is 0.228 e. The molecule has 1 saturated heterocycles. The molecule has 0 aliphatic carbocycles. The minimum atomic E-state index is -0.665. The Balaban J connectivity index is 1.41. The number of aromatic amines is 1. The van der Waals surface area contributed by atoms with Gasteiger partial charge in [-0.15, -0.1) is 0 Å². The predicted octanol–water partition coefficient (Wildman–Crippen LogP) is 3.62. The zero-order valence-corrected chi connectivity index (χ0v) is 17.0. The highest BCUT2D eigenvalue weighted by molar-refractivity contribution is 6.00. The van der Waals surface area contributed by atoms with Gasteiger partial charge in [0, 0.05) is 37.4 Å². The Labute approximate surface area is 177 Å². The van der Waals surface area contributed by atoms with Gasteiger partial charge in [0.1, 0.15) is 24.0 Å². The minimum Gasteiger partial charge on any atom is -0.489 e. The first-order chi connectivity index (χ1) is 14.9. The molecule has 0 atom stereocenters. The summed E-state index contributed by atoms with van der Waals surface area (Å²) < 4.78 is 33.0. The molecule has 3 aromatic rings. The molecule has 0 saturated carbocycles. The van der Waals surface area contributed by atoms with Crippen LogP contribution in [0.4, 0.5) is 14.6 Å². The lowest BCUT2D eigenvalue weighted by atomic mass is 9.96. The Morgan fingerprint density at radius 2 is 1.90 bits per heavy atom. The molecule has 0 radical (unpaired) electrons. The van der Waals surface area contributed by atoms with Gasteiger partial charge in [0.15, 0.2) is 5.82 Å². The highest BCUT2D eigenvalue weighted by atomic mass is 19.1. The van der Waals surface area contributed by atoms with E-state index in [9.17, 15) is 18.4 Å². The molecule has 2 amide bonds.